The Morgan fingerprint density at radius 1 is 1.46 bits per heavy atom. The quantitative estimate of drug-likeness (QED) is 0.588. The van der Waals surface area contributed by atoms with Crippen molar-refractivity contribution in [2.24, 2.45) is 0 Å². The SMILES string of the molecule is C=C1CN(C(C)=O)c2ccccc21. The summed E-state index contributed by atoms with van der Waals surface area (Å²) in [5.74, 6) is 0.0751. The van der Waals surface area contributed by atoms with Gasteiger partial charge in [0.05, 0.1) is 12.2 Å². The molecule has 0 fully saturated rings. The first kappa shape index (κ1) is 8.05. The third-order valence-corrected chi connectivity index (χ3v) is 2.30. The Hall–Kier alpha value is -1.57. The van der Waals surface area contributed by atoms with Crippen LogP contribution in [0.1, 0.15) is 12.5 Å². The minimum atomic E-state index is 0.0751. The molecule has 0 radical (unpaired) electrons. The van der Waals surface area contributed by atoms with Gasteiger partial charge in [0.25, 0.3) is 0 Å². The highest BCUT2D eigenvalue weighted by molar-refractivity contribution is 6.01. The molecule has 2 nitrogen and oxygen atoms in total. The highest BCUT2D eigenvalue weighted by Gasteiger charge is 2.23. The molecule has 0 bridgehead atoms. The summed E-state index contributed by atoms with van der Waals surface area (Å²) in [5, 5.41) is 0. The third kappa shape index (κ3) is 1.15. The maximum absolute atomic E-state index is 11.2. The second-order valence-electron chi connectivity index (χ2n) is 3.23. The summed E-state index contributed by atoms with van der Waals surface area (Å²) in [7, 11) is 0. The van der Waals surface area contributed by atoms with Crippen LogP contribution >= 0.6 is 0 Å². The van der Waals surface area contributed by atoms with Crippen LogP contribution in [0.3, 0.4) is 0 Å². The Morgan fingerprint density at radius 2 is 2.15 bits per heavy atom. The van der Waals surface area contributed by atoms with Crippen molar-refractivity contribution in [2.45, 2.75) is 6.92 Å². The molecule has 0 unspecified atom stereocenters. The van der Waals surface area contributed by atoms with Crippen molar-refractivity contribution in [2.75, 3.05) is 11.4 Å². The lowest BCUT2D eigenvalue weighted by Crippen LogP contribution is -2.25. The molecule has 66 valence electrons. The van der Waals surface area contributed by atoms with Gasteiger partial charge in [-0.1, -0.05) is 24.8 Å². The van der Waals surface area contributed by atoms with Crippen LogP contribution in [-0.2, 0) is 4.79 Å². The first-order chi connectivity index (χ1) is 6.20. The van der Waals surface area contributed by atoms with E-state index >= 15 is 0 Å². The van der Waals surface area contributed by atoms with Crippen LogP contribution < -0.4 is 4.90 Å². The van der Waals surface area contributed by atoms with Crippen LogP contribution in [0.4, 0.5) is 5.69 Å². The van der Waals surface area contributed by atoms with Gasteiger partial charge >= 0.3 is 0 Å². The molecule has 1 aromatic rings. The molecular weight excluding hydrogens is 162 g/mol. The second-order valence-corrected chi connectivity index (χ2v) is 3.23. The maximum atomic E-state index is 11.2. The molecule has 1 aliphatic rings. The normalized spacial score (nSPS) is 14.5. The largest absolute Gasteiger partial charge is 0.308 e. The van der Waals surface area contributed by atoms with Gasteiger partial charge in [0, 0.05) is 12.5 Å². The molecule has 0 saturated heterocycles. The Kier molecular flexibility index (Phi) is 1.69. The number of nitrogens with zero attached hydrogens (tertiary/aromatic N) is 1. The lowest BCUT2D eigenvalue weighted by Gasteiger charge is -2.13. The number of fused-ring (bicyclic) bond motifs is 1. The molecule has 1 aromatic carbocycles. The molecule has 0 aliphatic carbocycles. The molecule has 13 heavy (non-hydrogen) atoms. The summed E-state index contributed by atoms with van der Waals surface area (Å²) in [4.78, 5) is 13.0. The molecule has 0 atom stereocenters. The molecule has 1 amide bonds. The molecule has 2 rings (SSSR count). The number of carbonyl (C=O) groups excluding carboxylic acids is 1. The molecule has 0 spiro atoms. The predicted molar refractivity (Wildman–Crippen MR) is 53.5 cm³/mol. The molecule has 2 heteroatoms. The Morgan fingerprint density at radius 3 is 2.85 bits per heavy atom. The van der Waals surface area contributed by atoms with E-state index in [2.05, 4.69) is 6.58 Å². The zero-order valence-corrected chi connectivity index (χ0v) is 7.58. The number of benzene rings is 1. The lowest BCUT2D eigenvalue weighted by atomic mass is 10.1. The van der Waals surface area contributed by atoms with Crippen LogP contribution in [-0.4, -0.2) is 12.5 Å². The lowest BCUT2D eigenvalue weighted by molar-refractivity contribution is -0.116. The van der Waals surface area contributed by atoms with Crippen LogP contribution in [0.2, 0.25) is 0 Å². The van der Waals surface area contributed by atoms with E-state index in [4.69, 9.17) is 0 Å². The summed E-state index contributed by atoms with van der Waals surface area (Å²) in [5.41, 5.74) is 3.10. The zero-order valence-electron chi connectivity index (χ0n) is 7.58. The number of hydrogen-bond donors (Lipinski definition) is 0. The average molecular weight is 173 g/mol. The Labute approximate surface area is 77.5 Å². The fourth-order valence-corrected chi connectivity index (χ4v) is 1.65. The van der Waals surface area contributed by atoms with Crippen molar-refractivity contribution in [3.05, 3.63) is 36.4 Å². The first-order valence-corrected chi connectivity index (χ1v) is 4.25. The van der Waals surface area contributed by atoms with Crippen LogP contribution in [0.15, 0.2) is 30.8 Å². The summed E-state index contributed by atoms with van der Waals surface area (Å²) in [6, 6.07) is 7.86. The predicted octanol–water partition coefficient (Wildman–Crippen LogP) is 2.07. The van der Waals surface area contributed by atoms with Gasteiger partial charge in [0.15, 0.2) is 0 Å². The van der Waals surface area contributed by atoms with E-state index in [1.165, 1.54) is 0 Å². The van der Waals surface area contributed by atoms with Crippen LogP contribution in [0.25, 0.3) is 5.57 Å². The minimum Gasteiger partial charge on any atom is -0.308 e. The second kappa shape index (κ2) is 2.73. The van der Waals surface area contributed by atoms with Crippen LogP contribution in [0, 0.1) is 0 Å². The third-order valence-electron chi connectivity index (χ3n) is 2.30. The highest BCUT2D eigenvalue weighted by atomic mass is 16.2. The molecular formula is C11H11NO. The molecule has 0 saturated carbocycles. The summed E-state index contributed by atoms with van der Waals surface area (Å²) in [6.07, 6.45) is 0. The monoisotopic (exact) mass is 173 g/mol. The van der Waals surface area contributed by atoms with E-state index in [1.54, 1.807) is 11.8 Å². The van der Waals surface area contributed by atoms with Gasteiger partial charge in [-0.25, -0.2) is 0 Å². The van der Waals surface area contributed by atoms with Crippen LogP contribution in [0.5, 0.6) is 0 Å². The fraction of sp³-hybridized carbons (Fsp3) is 0.182. The topological polar surface area (TPSA) is 20.3 Å². The van der Waals surface area contributed by atoms with E-state index in [-0.39, 0.29) is 5.91 Å². The Balaban J connectivity index is 2.53. The summed E-state index contributed by atoms with van der Waals surface area (Å²) in [6.45, 7) is 6.15. The average Bonchev–Trinajstić information content (AvgIpc) is 2.45. The van der Waals surface area contributed by atoms with E-state index in [1.807, 2.05) is 24.3 Å². The number of anilines is 1. The maximum Gasteiger partial charge on any atom is 0.224 e. The first-order valence-electron chi connectivity index (χ1n) is 4.25. The molecule has 1 aliphatic heterocycles. The summed E-state index contributed by atoms with van der Waals surface area (Å²) < 4.78 is 0. The molecule has 0 N–H and O–H groups in total. The summed E-state index contributed by atoms with van der Waals surface area (Å²) >= 11 is 0. The number of carbonyl (C=O) groups is 1. The highest BCUT2D eigenvalue weighted by Crippen LogP contribution is 2.33. The van der Waals surface area contributed by atoms with Crippen molar-refractivity contribution < 1.29 is 4.79 Å². The molecule has 1 heterocycles. The number of para-hydroxylation sites is 1. The van der Waals surface area contributed by atoms with E-state index in [9.17, 15) is 4.79 Å². The number of amides is 1. The fourth-order valence-electron chi connectivity index (χ4n) is 1.65. The number of hydrogen-bond acceptors (Lipinski definition) is 1. The van der Waals surface area contributed by atoms with E-state index in [0.29, 0.717) is 6.54 Å². The minimum absolute atomic E-state index is 0.0751. The van der Waals surface area contributed by atoms with Crippen molar-refractivity contribution >= 4 is 17.2 Å². The van der Waals surface area contributed by atoms with Gasteiger partial charge < -0.3 is 4.90 Å². The van der Waals surface area contributed by atoms with Gasteiger partial charge in [0.2, 0.25) is 5.91 Å². The van der Waals surface area contributed by atoms with Gasteiger partial charge in [-0.15, -0.1) is 0 Å². The molecule has 0 aromatic heterocycles. The van der Waals surface area contributed by atoms with Gasteiger partial charge in [0.1, 0.15) is 0 Å². The van der Waals surface area contributed by atoms with Crippen molar-refractivity contribution in [1.82, 2.24) is 0 Å². The van der Waals surface area contributed by atoms with Gasteiger partial charge in [-0.3, -0.25) is 4.79 Å². The number of rotatable bonds is 0. The van der Waals surface area contributed by atoms with E-state index < -0.39 is 0 Å². The smallest absolute Gasteiger partial charge is 0.224 e. The van der Waals surface area contributed by atoms with Crippen molar-refractivity contribution in [1.29, 1.82) is 0 Å². The standard InChI is InChI=1S/C11H11NO/c1-8-7-12(9(2)13)11-6-4-3-5-10(8)11/h3-6H,1,7H2,2H3. The van der Waals surface area contributed by atoms with E-state index in [0.717, 1.165) is 16.8 Å². The van der Waals surface area contributed by atoms with Crippen molar-refractivity contribution in [3.8, 4) is 0 Å². The van der Waals surface area contributed by atoms with Crippen molar-refractivity contribution in [3.63, 3.8) is 0 Å². The van der Waals surface area contributed by atoms with Gasteiger partial charge in [-0.05, 0) is 11.6 Å². The Bertz CT molecular complexity index is 381. The zero-order chi connectivity index (χ0) is 9.42. The van der Waals surface area contributed by atoms with Gasteiger partial charge in [-0.2, -0.15) is 0 Å².